The topological polar surface area (TPSA) is 171 Å². The Morgan fingerprint density at radius 2 is 1.71 bits per heavy atom. The molecule has 17 atom stereocenters. The van der Waals surface area contributed by atoms with Crippen LogP contribution in [0.15, 0.2) is 36.1 Å². The van der Waals surface area contributed by atoms with Gasteiger partial charge in [-0.1, -0.05) is 24.3 Å². The Kier molecular flexibility index (Phi) is 8.22. The molecule has 230 valence electrons. The van der Waals surface area contributed by atoms with E-state index < -0.39 is 72.0 Å². The fourth-order valence-corrected chi connectivity index (χ4v) is 9.84. The number of allylic oxidation sites excluding steroid dienone is 3. The van der Waals surface area contributed by atoms with Gasteiger partial charge in [0.05, 0.1) is 43.2 Å². The summed E-state index contributed by atoms with van der Waals surface area (Å²) < 4.78 is 5.53. The molecule has 0 aromatic carbocycles. The average Bonchev–Trinajstić information content (AvgIpc) is 3.47. The van der Waals surface area contributed by atoms with E-state index in [9.17, 15) is 40.9 Å². The van der Waals surface area contributed by atoms with Crippen LogP contribution in [0.4, 0.5) is 0 Å². The Balaban J connectivity index is 1.20. The van der Waals surface area contributed by atoms with Crippen LogP contribution < -0.4 is 0 Å². The van der Waals surface area contributed by atoms with Gasteiger partial charge in [0.15, 0.2) is 0 Å². The van der Waals surface area contributed by atoms with Gasteiger partial charge in [-0.25, -0.2) is 0 Å². The molecule has 3 saturated carbocycles. The van der Waals surface area contributed by atoms with Gasteiger partial charge in [-0.2, -0.15) is 0 Å². The maximum atomic E-state index is 11.7. The largest absolute Gasteiger partial charge is 0.495 e. The summed E-state index contributed by atoms with van der Waals surface area (Å²) in [5, 5.41) is 88.7. The van der Waals surface area contributed by atoms with E-state index in [2.05, 4.69) is 18.2 Å². The molecule has 0 aromatic heterocycles. The molecule has 41 heavy (non-hydrogen) atoms. The van der Waals surface area contributed by atoms with Gasteiger partial charge >= 0.3 is 0 Å². The Labute approximate surface area is 241 Å². The third-order valence-corrected chi connectivity index (χ3v) is 11.8. The number of hydrogen-bond donors (Lipinski definition) is 8. The van der Waals surface area contributed by atoms with Gasteiger partial charge in [0.25, 0.3) is 0 Å². The van der Waals surface area contributed by atoms with Gasteiger partial charge in [-0.05, 0) is 87.0 Å². The van der Waals surface area contributed by atoms with E-state index in [4.69, 9.17) is 4.74 Å². The Hall–Kier alpha value is -1.30. The summed E-state index contributed by atoms with van der Waals surface area (Å²) >= 11 is 0. The van der Waals surface area contributed by atoms with E-state index in [1.165, 1.54) is 6.92 Å². The minimum atomic E-state index is -1.96. The van der Waals surface area contributed by atoms with E-state index in [1.807, 2.05) is 6.08 Å². The second kappa shape index (κ2) is 11.3. The molecular formula is C32H48O9. The summed E-state index contributed by atoms with van der Waals surface area (Å²) in [6.07, 6.45) is 7.13. The number of aliphatic hydroxyl groups is 8. The smallest absolute Gasteiger partial charge is 0.121 e. The lowest BCUT2D eigenvalue weighted by Crippen LogP contribution is -2.73. The first-order valence-electron chi connectivity index (χ1n) is 15.7. The van der Waals surface area contributed by atoms with E-state index >= 15 is 0 Å². The molecule has 9 nitrogen and oxygen atoms in total. The highest BCUT2D eigenvalue weighted by Crippen LogP contribution is 2.58. The molecule has 0 bridgehead atoms. The molecule has 3 fully saturated rings. The average molecular weight is 577 g/mol. The molecular weight excluding hydrogens is 528 g/mol. The van der Waals surface area contributed by atoms with E-state index in [-0.39, 0.29) is 36.0 Å². The van der Waals surface area contributed by atoms with Crippen LogP contribution in [0.1, 0.15) is 51.9 Å². The fraction of sp³-hybridized carbons (Fsp3) is 0.812. The minimum Gasteiger partial charge on any atom is -0.495 e. The fourth-order valence-electron chi connectivity index (χ4n) is 9.84. The summed E-state index contributed by atoms with van der Waals surface area (Å²) in [6, 6.07) is 0. The highest BCUT2D eigenvalue weighted by molar-refractivity contribution is 5.20. The van der Waals surface area contributed by atoms with Gasteiger partial charge in [0, 0.05) is 24.2 Å². The first-order chi connectivity index (χ1) is 19.5. The summed E-state index contributed by atoms with van der Waals surface area (Å²) in [6.45, 7) is 2.08. The summed E-state index contributed by atoms with van der Waals surface area (Å²) in [4.78, 5) is 0. The number of fused-ring (bicyclic) bond motifs is 3. The summed E-state index contributed by atoms with van der Waals surface area (Å²) in [5.41, 5.74) is -1.96. The summed E-state index contributed by atoms with van der Waals surface area (Å²) in [7, 11) is 0. The van der Waals surface area contributed by atoms with E-state index in [0.29, 0.717) is 31.6 Å². The van der Waals surface area contributed by atoms with Crippen LogP contribution in [-0.2, 0) is 4.74 Å². The van der Waals surface area contributed by atoms with Gasteiger partial charge in [-0.3, -0.25) is 0 Å². The molecule has 5 aliphatic carbocycles. The lowest BCUT2D eigenvalue weighted by atomic mass is 9.47. The minimum absolute atomic E-state index is 0.0258. The molecule has 8 N–H and O–H groups in total. The van der Waals surface area contributed by atoms with Crippen molar-refractivity contribution in [2.45, 2.75) is 100 Å². The Morgan fingerprint density at radius 3 is 2.37 bits per heavy atom. The van der Waals surface area contributed by atoms with Crippen molar-refractivity contribution in [3.8, 4) is 0 Å². The van der Waals surface area contributed by atoms with Crippen molar-refractivity contribution in [3.05, 3.63) is 36.1 Å². The zero-order valence-electron chi connectivity index (χ0n) is 23.8. The second-order valence-electron chi connectivity index (χ2n) is 14.0. The number of ether oxygens (including phenoxy) is 1. The predicted octanol–water partition coefficient (Wildman–Crippen LogP) is 0.635. The van der Waals surface area contributed by atoms with E-state index in [1.54, 1.807) is 6.08 Å². The molecule has 0 radical (unpaired) electrons. The van der Waals surface area contributed by atoms with Crippen LogP contribution in [-0.4, -0.2) is 95.8 Å². The molecule has 0 spiro atoms. The Morgan fingerprint density at radius 1 is 0.927 bits per heavy atom. The maximum Gasteiger partial charge on any atom is 0.121 e. The van der Waals surface area contributed by atoms with Crippen molar-refractivity contribution in [2.75, 3.05) is 6.61 Å². The zero-order valence-corrected chi connectivity index (χ0v) is 23.8. The normalized spacial score (nSPS) is 52.5. The quantitative estimate of drug-likeness (QED) is 0.219. The first-order valence-corrected chi connectivity index (χ1v) is 15.7. The molecule has 0 amide bonds. The monoisotopic (exact) mass is 576 g/mol. The van der Waals surface area contributed by atoms with Crippen molar-refractivity contribution in [1.82, 2.24) is 0 Å². The van der Waals surface area contributed by atoms with Crippen LogP contribution >= 0.6 is 0 Å². The predicted molar refractivity (Wildman–Crippen MR) is 149 cm³/mol. The molecule has 14 unspecified atom stereocenters. The number of hydrogen-bond acceptors (Lipinski definition) is 9. The molecule has 6 aliphatic rings. The van der Waals surface area contributed by atoms with Gasteiger partial charge in [0.1, 0.15) is 17.5 Å². The van der Waals surface area contributed by atoms with Crippen LogP contribution in [0.5, 0.6) is 0 Å². The van der Waals surface area contributed by atoms with Gasteiger partial charge in [0.2, 0.25) is 0 Å². The summed E-state index contributed by atoms with van der Waals surface area (Å²) in [5.74, 6) is -1.75. The van der Waals surface area contributed by atoms with Crippen molar-refractivity contribution >= 4 is 0 Å². The lowest BCUT2D eigenvalue weighted by Gasteiger charge is -2.62. The lowest BCUT2D eigenvalue weighted by molar-refractivity contribution is -0.293. The Bertz CT molecular complexity index is 1040. The van der Waals surface area contributed by atoms with Crippen molar-refractivity contribution in [2.24, 2.45) is 53.3 Å². The third-order valence-electron chi connectivity index (χ3n) is 11.8. The molecule has 6 rings (SSSR count). The highest BCUT2D eigenvalue weighted by atomic mass is 16.5. The zero-order chi connectivity index (χ0) is 29.2. The number of rotatable bonds is 5. The van der Waals surface area contributed by atoms with Gasteiger partial charge in [-0.15, -0.1) is 0 Å². The SMILES string of the molecule is CC(O)C1C(O)C[C@@H]2C[C@@H]3CC4C(C5C=CC(CC(O)C6=CCCO6)CC5)C=CC(O)C4C(O)C3C(O)[C@]2(O)C1O. The first kappa shape index (κ1) is 29.8. The van der Waals surface area contributed by atoms with Crippen LogP contribution in [0, 0.1) is 53.3 Å². The number of aliphatic hydroxyl groups excluding tert-OH is 7. The van der Waals surface area contributed by atoms with Crippen molar-refractivity contribution < 1.29 is 45.6 Å². The standard InChI is InChI=1S/C32H48O9/c1-15(33)26-24(36)14-19-12-18-13-21-20(17-6-4-16(5-7-17)11-23(35)25-3-2-10-41-25)8-9-22(34)28(21)29(37)27(18)31(39)32(19,40)30(26)38/h3-4,6,8-9,15-24,26-31,33-40H,2,5,7,10-14H2,1H3/t15?,16?,17?,18-,19+,20?,21?,22?,23?,24?,26?,27?,28?,29?,30?,31?,32-/m1/s1. The second-order valence-corrected chi connectivity index (χ2v) is 14.0. The van der Waals surface area contributed by atoms with Crippen molar-refractivity contribution in [1.29, 1.82) is 0 Å². The van der Waals surface area contributed by atoms with Crippen LogP contribution in [0.3, 0.4) is 0 Å². The van der Waals surface area contributed by atoms with Crippen LogP contribution in [0.2, 0.25) is 0 Å². The molecule has 0 saturated heterocycles. The van der Waals surface area contributed by atoms with Crippen LogP contribution in [0.25, 0.3) is 0 Å². The molecule has 1 aliphatic heterocycles. The molecule has 1 heterocycles. The van der Waals surface area contributed by atoms with Crippen molar-refractivity contribution in [3.63, 3.8) is 0 Å². The van der Waals surface area contributed by atoms with E-state index in [0.717, 1.165) is 19.3 Å². The van der Waals surface area contributed by atoms with Gasteiger partial charge < -0.3 is 45.6 Å². The molecule has 9 heteroatoms. The third kappa shape index (κ3) is 4.94. The highest BCUT2D eigenvalue weighted by Gasteiger charge is 2.66. The maximum absolute atomic E-state index is 11.7. The molecule has 0 aromatic rings.